The number of rotatable bonds is 9. The Morgan fingerprint density at radius 1 is 1.29 bits per heavy atom. The third-order valence-corrected chi connectivity index (χ3v) is 5.16. The van der Waals surface area contributed by atoms with Gasteiger partial charge < -0.3 is 14.8 Å². The van der Waals surface area contributed by atoms with Crippen molar-refractivity contribution in [2.24, 2.45) is 0 Å². The normalized spacial score (nSPS) is 15.0. The van der Waals surface area contributed by atoms with Crippen molar-refractivity contribution < 1.29 is 17.9 Å². The molecule has 0 spiro atoms. The molecule has 1 N–H and O–H groups in total. The average Bonchev–Trinajstić information content (AvgIpc) is 3.29. The van der Waals surface area contributed by atoms with Crippen LogP contribution >= 0.6 is 0 Å². The van der Waals surface area contributed by atoms with Gasteiger partial charge in [0.05, 0.1) is 12.9 Å². The minimum atomic E-state index is -3.01. The summed E-state index contributed by atoms with van der Waals surface area (Å²) in [5, 5.41) is 3.43. The number of benzene rings is 1. The van der Waals surface area contributed by atoms with Gasteiger partial charge in [-0.25, -0.2) is 8.42 Å². The van der Waals surface area contributed by atoms with E-state index in [-0.39, 0.29) is 18.1 Å². The first-order chi connectivity index (χ1) is 10.0. The molecule has 5 nitrogen and oxygen atoms in total. The Bertz CT molecular complexity index is 567. The first-order valence-corrected chi connectivity index (χ1v) is 9.09. The second kappa shape index (κ2) is 7.13. The zero-order valence-electron chi connectivity index (χ0n) is 12.6. The van der Waals surface area contributed by atoms with E-state index in [1.807, 2.05) is 18.2 Å². The summed E-state index contributed by atoms with van der Waals surface area (Å²) in [5.74, 6) is 1.38. The summed E-state index contributed by atoms with van der Waals surface area (Å²) in [6.45, 7) is 2.57. The van der Waals surface area contributed by atoms with Gasteiger partial charge >= 0.3 is 0 Å². The molecular weight excluding hydrogens is 290 g/mol. The van der Waals surface area contributed by atoms with Gasteiger partial charge in [-0.3, -0.25) is 0 Å². The van der Waals surface area contributed by atoms with Crippen molar-refractivity contribution in [1.29, 1.82) is 0 Å². The van der Waals surface area contributed by atoms with Crippen molar-refractivity contribution in [3.63, 3.8) is 0 Å². The highest BCUT2D eigenvalue weighted by molar-refractivity contribution is 7.91. The SMILES string of the molecule is CCS(=O)(=O)CCOc1cc(CNC2CC2)ccc1OC. The molecule has 0 heterocycles. The van der Waals surface area contributed by atoms with E-state index >= 15 is 0 Å². The number of sulfone groups is 1. The van der Waals surface area contributed by atoms with E-state index in [0.717, 1.165) is 12.1 Å². The zero-order valence-corrected chi connectivity index (χ0v) is 13.4. The molecule has 0 bridgehead atoms. The van der Waals surface area contributed by atoms with E-state index in [2.05, 4.69) is 5.32 Å². The molecule has 0 amide bonds. The maximum atomic E-state index is 11.5. The van der Waals surface area contributed by atoms with Gasteiger partial charge in [-0.2, -0.15) is 0 Å². The molecule has 0 unspecified atom stereocenters. The maximum Gasteiger partial charge on any atom is 0.161 e. The van der Waals surface area contributed by atoms with Crippen LogP contribution in [0.4, 0.5) is 0 Å². The van der Waals surface area contributed by atoms with Crippen LogP contribution in [-0.2, 0) is 16.4 Å². The van der Waals surface area contributed by atoms with Crippen LogP contribution in [0.1, 0.15) is 25.3 Å². The van der Waals surface area contributed by atoms with Crippen LogP contribution in [-0.4, -0.2) is 39.7 Å². The van der Waals surface area contributed by atoms with E-state index in [4.69, 9.17) is 9.47 Å². The number of nitrogens with one attached hydrogen (secondary N) is 1. The topological polar surface area (TPSA) is 64.6 Å². The summed E-state index contributed by atoms with van der Waals surface area (Å²) in [4.78, 5) is 0. The summed E-state index contributed by atoms with van der Waals surface area (Å²) in [7, 11) is -1.43. The Kier molecular flexibility index (Phi) is 5.47. The number of ether oxygens (including phenoxy) is 2. The fourth-order valence-corrected chi connectivity index (χ4v) is 2.54. The Morgan fingerprint density at radius 2 is 2.05 bits per heavy atom. The Labute approximate surface area is 126 Å². The summed E-state index contributed by atoms with van der Waals surface area (Å²) in [6.07, 6.45) is 2.49. The van der Waals surface area contributed by atoms with Crippen LogP contribution in [0.2, 0.25) is 0 Å². The second-order valence-corrected chi connectivity index (χ2v) is 7.70. The Balaban J connectivity index is 1.95. The average molecular weight is 313 g/mol. The quantitative estimate of drug-likeness (QED) is 0.752. The van der Waals surface area contributed by atoms with Crippen LogP contribution in [0.3, 0.4) is 0 Å². The van der Waals surface area contributed by atoms with Crippen LogP contribution in [0.15, 0.2) is 18.2 Å². The van der Waals surface area contributed by atoms with Gasteiger partial charge in [-0.05, 0) is 30.5 Å². The number of hydrogen-bond donors (Lipinski definition) is 1. The molecule has 118 valence electrons. The summed E-state index contributed by atoms with van der Waals surface area (Å²) in [5.41, 5.74) is 1.11. The summed E-state index contributed by atoms with van der Waals surface area (Å²) < 4.78 is 33.8. The largest absolute Gasteiger partial charge is 0.493 e. The molecule has 1 saturated carbocycles. The van der Waals surface area contributed by atoms with Crippen molar-refractivity contribution in [1.82, 2.24) is 5.32 Å². The fourth-order valence-electron chi connectivity index (χ4n) is 1.92. The highest BCUT2D eigenvalue weighted by Crippen LogP contribution is 2.28. The molecule has 21 heavy (non-hydrogen) atoms. The molecule has 1 fully saturated rings. The third-order valence-electron chi connectivity index (χ3n) is 3.49. The van der Waals surface area contributed by atoms with Gasteiger partial charge in [0.15, 0.2) is 21.3 Å². The minimum Gasteiger partial charge on any atom is -0.493 e. The van der Waals surface area contributed by atoms with Gasteiger partial charge in [0.2, 0.25) is 0 Å². The second-order valence-electron chi connectivity index (χ2n) is 5.23. The van der Waals surface area contributed by atoms with E-state index in [9.17, 15) is 8.42 Å². The molecule has 6 heteroatoms. The lowest BCUT2D eigenvalue weighted by Gasteiger charge is -2.12. The predicted octanol–water partition coefficient (Wildman–Crippen LogP) is 1.76. The summed E-state index contributed by atoms with van der Waals surface area (Å²) >= 11 is 0. The van der Waals surface area contributed by atoms with Crippen LogP contribution < -0.4 is 14.8 Å². The van der Waals surface area contributed by atoms with E-state index in [0.29, 0.717) is 17.5 Å². The van der Waals surface area contributed by atoms with Gasteiger partial charge in [0.1, 0.15) is 6.61 Å². The first-order valence-electron chi connectivity index (χ1n) is 7.27. The van der Waals surface area contributed by atoms with Gasteiger partial charge in [-0.15, -0.1) is 0 Å². The lowest BCUT2D eigenvalue weighted by molar-refractivity contribution is 0.311. The molecule has 0 atom stereocenters. The molecule has 0 saturated heterocycles. The van der Waals surface area contributed by atoms with Crippen molar-refractivity contribution >= 4 is 9.84 Å². The lowest BCUT2D eigenvalue weighted by Crippen LogP contribution is -2.17. The number of methoxy groups -OCH3 is 1. The lowest BCUT2D eigenvalue weighted by atomic mass is 10.2. The third kappa shape index (κ3) is 5.21. The predicted molar refractivity (Wildman–Crippen MR) is 82.7 cm³/mol. The molecular formula is C15H23NO4S. The van der Waals surface area contributed by atoms with Gasteiger partial charge in [0, 0.05) is 18.3 Å². The van der Waals surface area contributed by atoms with Crippen LogP contribution in [0.5, 0.6) is 11.5 Å². The molecule has 1 aliphatic carbocycles. The smallest absolute Gasteiger partial charge is 0.161 e. The Morgan fingerprint density at radius 3 is 2.67 bits per heavy atom. The van der Waals surface area contributed by atoms with Crippen molar-refractivity contribution in [3.8, 4) is 11.5 Å². The zero-order chi connectivity index (χ0) is 15.3. The molecule has 0 aromatic heterocycles. The van der Waals surface area contributed by atoms with Gasteiger partial charge in [0.25, 0.3) is 0 Å². The van der Waals surface area contributed by atoms with E-state index < -0.39 is 9.84 Å². The van der Waals surface area contributed by atoms with E-state index in [1.54, 1.807) is 14.0 Å². The standard InChI is InChI=1S/C15H23NO4S/c1-3-21(17,18)9-8-20-15-10-12(4-7-14(15)19-2)11-16-13-5-6-13/h4,7,10,13,16H,3,5-6,8-9,11H2,1-2H3. The first kappa shape index (κ1) is 16.1. The maximum absolute atomic E-state index is 11.5. The fraction of sp³-hybridized carbons (Fsp3) is 0.600. The van der Waals surface area contributed by atoms with Gasteiger partial charge in [-0.1, -0.05) is 13.0 Å². The molecule has 2 rings (SSSR count). The van der Waals surface area contributed by atoms with Crippen molar-refractivity contribution in [2.45, 2.75) is 32.4 Å². The Hall–Kier alpha value is -1.27. The molecule has 0 aliphatic heterocycles. The molecule has 1 aliphatic rings. The van der Waals surface area contributed by atoms with Crippen molar-refractivity contribution in [2.75, 3.05) is 25.2 Å². The minimum absolute atomic E-state index is 0.0250. The van der Waals surface area contributed by atoms with Crippen LogP contribution in [0.25, 0.3) is 0 Å². The highest BCUT2D eigenvalue weighted by atomic mass is 32.2. The van der Waals surface area contributed by atoms with Crippen molar-refractivity contribution in [3.05, 3.63) is 23.8 Å². The molecule has 0 radical (unpaired) electrons. The van der Waals surface area contributed by atoms with Crippen LogP contribution in [0, 0.1) is 0 Å². The highest BCUT2D eigenvalue weighted by Gasteiger charge is 2.20. The summed E-state index contributed by atoms with van der Waals surface area (Å²) in [6, 6.07) is 6.40. The monoisotopic (exact) mass is 313 g/mol. The molecule has 1 aromatic carbocycles. The molecule has 1 aromatic rings. The van der Waals surface area contributed by atoms with E-state index in [1.165, 1.54) is 12.8 Å². The number of hydrogen-bond acceptors (Lipinski definition) is 5.